The summed E-state index contributed by atoms with van der Waals surface area (Å²) in [6.45, 7) is 0. The summed E-state index contributed by atoms with van der Waals surface area (Å²) in [5.74, 6) is 0.847. The van der Waals surface area contributed by atoms with Crippen molar-refractivity contribution in [2.75, 3.05) is 17.2 Å². The van der Waals surface area contributed by atoms with Gasteiger partial charge in [-0.1, -0.05) is 0 Å². The van der Waals surface area contributed by atoms with Gasteiger partial charge in [0, 0.05) is 0 Å². The second-order valence-corrected chi connectivity index (χ2v) is 2.83. The van der Waals surface area contributed by atoms with Gasteiger partial charge in [0.05, 0.1) is 0 Å². The van der Waals surface area contributed by atoms with E-state index in [0.29, 0.717) is 5.78 Å². The second kappa shape index (κ2) is 2.23. The first-order valence-electron chi connectivity index (χ1n) is 3.95. The molecule has 0 aliphatic carbocycles. The number of hydrogen-bond donors (Lipinski definition) is 3. The lowest BCUT2D eigenvalue weighted by molar-refractivity contribution is 0.859. The van der Waals surface area contributed by atoms with Crippen molar-refractivity contribution in [2.24, 2.45) is 0 Å². The van der Waals surface area contributed by atoms with Gasteiger partial charge in [-0.3, -0.25) is 0 Å². The van der Waals surface area contributed by atoms with Crippen LogP contribution in [0.4, 0.5) is 17.8 Å². The third kappa shape index (κ3) is 0.892. The van der Waals surface area contributed by atoms with Crippen LogP contribution in [-0.2, 0) is 0 Å². The summed E-state index contributed by atoms with van der Waals surface area (Å²) in [5, 5.41) is 7.72. The Morgan fingerprint density at radius 3 is 2.27 bits per heavy atom. The summed E-state index contributed by atoms with van der Waals surface area (Å²) in [7, 11) is 0. The Hall–Kier alpha value is -2.65. The van der Waals surface area contributed by atoms with Crippen molar-refractivity contribution in [1.82, 2.24) is 34.2 Å². The van der Waals surface area contributed by atoms with E-state index in [1.807, 2.05) is 0 Å². The smallest absolute Gasteiger partial charge is 0.261 e. The Morgan fingerprint density at radius 2 is 1.47 bits per heavy atom. The van der Waals surface area contributed by atoms with Gasteiger partial charge in [0.1, 0.15) is 0 Å². The summed E-state index contributed by atoms with van der Waals surface area (Å²) in [5.41, 5.74) is 16.5. The lowest BCUT2D eigenvalue weighted by atomic mass is 10.9. The van der Waals surface area contributed by atoms with Gasteiger partial charge < -0.3 is 17.2 Å². The van der Waals surface area contributed by atoms with Crippen LogP contribution in [0.5, 0.6) is 0 Å². The number of nitrogens with zero attached hydrogens (tertiary/aromatic N) is 7. The molecular formula is C5H6N10. The van der Waals surface area contributed by atoms with Crippen LogP contribution in [0.15, 0.2) is 0 Å². The van der Waals surface area contributed by atoms with E-state index in [1.165, 1.54) is 9.03 Å². The highest BCUT2D eigenvalue weighted by molar-refractivity contribution is 5.49. The molecule has 3 aromatic heterocycles. The third-order valence-electron chi connectivity index (χ3n) is 1.83. The van der Waals surface area contributed by atoms with Crippen molar-refractivity contribution in [3.05, 3.63) is 0 Å². The van der Waals surface area contributed by atoms with Gasteiger partial charge in [-0.05, 0) is 0 Å². The quantitative estimate of drug-likeness (QED) is 0.378. The average molecular weight is 206 g/mol. The van der Waals surface area contributed by atoms with Gasteiger partial charge in [-0.25, -0.2) is 0 Å². The van der Waals surface area contributed by atoms with Crippen LogP contribution < -0.4 is 17.2 Å². The number of nitrogens with two attached hydrogens (primary N) is 3. The van der Waals surface area contributed by atoms with Crippen LogP contribution in [0.3, 0.4) is 0 Å². The van der Waals surface area contributed by atoms with Gasteiger partial charge >= 0.3 is 0 Å². The van der Waals surface area contributed by atoms with Crippen molar-refractivity contribution in [2.45, 2.75) is 0 Å². The maximum absolute atomic E-state index is 5.62. The summed E-state index contributed by atoms with van der Waals surface area (Å²) in [6.07, 6.45) is 0. The van der Waals surface area contributed by atoms with E-state index in [2.05, 4.69) is 25.1 Å². The van der Waals surface area contributed by atoms with Gasteiger partial charge in [0.15, 0.2) is 0 Å². The Balaban J connectivity index is 2.61. The monoisotopic (exact) mass is 206 g/mol. The van der Waals surface area contributed by atoms with Crippen molar-refractivity contribution in [3.8, 4) is 0 Å². The van der Waals surface area contributed by atoms with E-state index in [-0.39, 0.29) is 23.6 Å². The van der Waals surface area contributed by atoms with Crippen molar-refractivity contribution < 1.29 is 0 Å². The Labute approximate surface area is 81.7 Å². The molecule has 0 aromatic carbocycles. The fourth-order valence-corrected chi connectivity index (χ4v) is 1.29. The van der Waals surface area contributed by atoms with Gasteiger partial charge in [0.25, 0.3) is 11.6 Å². The molecule has 10 heteroatoms. The maximum Gasteiger partial charge on any atom is 0.261 e. The van der Waals surface area contributed by atoms with Crippen LogP contribution in [0.2, 0.25) is 0 Å². The molecule has 6 N–H and O–H groups in total. The lowest BCUT2D eigenvalue weighted by Gasteiger charge is -1.96. The van der Waals surface area contributed by atoms with Gasteiger partial charge in [0.2, 0.25) is 17.8 Å². The fraction of sp³-hybridized carbons (Fsp3) is 0. The highest BCUT2D eigenvalue weighted by atomic mass is 15.5. The molecule has 0 amide bonds. The van der Waals surface area contributed by atoms with Crippen LogP contribution in [-0.4, -0.2) is 34.2 Å². The number of nitrogen functional groups attached to an aromatic ring is 3. The zero-order chi connectivity index (χ0) is 10.6. The minimum absolute atomic E-state index is 0.0741. The standard InChI is InChI=1S/C5H6N10/c6-1-9-4-11-3(8)14-5(15(4)13-1)10-2(7)12-14/h(H2,7,12)(H4,6,8,9,11,13). The molecule has 0 saturated carbocycles. The van der Waals surface area contributed by atoms with E-state index in [4.69, 9.17) is 17.2 Å². The molecule has 0 saturated heterocycles. The molecule has 0 fully saturated rings. The largest absolute Gasteiger partial charge is 0.368 e. The molecule has 10 nitrogen and oxygen atoms in total. The molecule has 0 radical (unpaired) electrons. The molecule has 0 bridgehead atoms. The molecule has 0 atom stereocenters. The zero-order valence-electron chi connectivity index (χ0n) is 7.36. The van der Waals surface area contributed by atoms with E-state index >= 15 is 0 Å². The predicted molar refractivity (Wildman–Crippen MR) is 50.6 cm³/mol. The molecular weight excluding hydrogens is 200 g/mol. The third-order valence-corrected chi connectivity index (χ3v) is 1.83. The number of anilines is 3. The summed E-state index contributed by atoms with van der Waals surface area (Å²) >= 11 is 0. The maximum atomic E-state index is 5.62. The lowest BCUT2D eigenvalue weighted by Crippen LogP contribution is -2.07. The first-order chi connectivity index (χ1) is 7.15. The highest BCUT2D eigenvalue weighted by Crippen LogP contribution is 2.09. The Bertz CT molecular complexity index is 661. The highest BCUT2D eigenvalue weighted by Gasteiger charge is 2.12. The van der Waals surface area contributed by atoms with Crippen LogP contribution in [0.1, 0.15) is 0 Å². The van der Waals surface area contributed by atoms with E-state index in [1.54, 1.807) is 0 Å². The van der Waals surface area contributed by atoms with Gasteiger partial charge in [-0.15, -0.1) is 10.2 Å². The normalized spacial score (nSPS) is 11.5. The fourth-order valence-electron chi connectivity index (χ4n) is 1.29. The SMILES string of the molecule is Nc1nc2n(n1)c(N)nc1nc(N)nn12. The molecule has 3 heterocycles. The average Bonchev–Trinajstić information content (AvgIpc) is 2.68. The zero-order valence-corrected chi connectivity index (χ0v) is 7.36. The number of rotatable bonds is 0. The number of hydrogen-bond acceptors (Lipinski definition) is 8. The molecule has 3 aromatic rings. The molecule has 0 aliphatic rings. The van der Waals surface area contributed by atoms with Crippen LogP contribution >= 0.6 is 0 Å². The van der Waals surface area contributed by atoms with E-state index in [9.17, 15) is 0 Å². The molecule has 0 unspecified atom stereocenters. The van der Waals surface area contributed by atoms with Crippen molar-refractivity contribution >= 4 is 29.4 Å². The van der Waals surface area contributed by atoms with Gasteiger partial charge in [-0.2, -0.15) is 24.0 Å². The summed E-state index contributed by atoms with van der Waals surface area (Å²) in [6, 6.07) is 0. The summed E-state index contributed by atoms with van der Waals surface area (Å²) < 4.78 is 2.57. The second-order valence-electron chi connectivity index (χ2n) is 2.83. The van der Waals surface area contributed by atoms with E-state index < -0.39 is 0 Å². The minimum atomic E-state index is 0.0741. The minimum Gasteiger partial charge on any atom is -0.368 e. The molecule has 0 spiro atoms. The molecule has 15 heavy (non-hydrogen) atoms. The molecule has 3 rings (SSSR count). The predicted octanol–water partition coefficient (Wildman–Crippen LogP) is -2.09. The number of fused-ring (bicyclic) bond motifs is 3. The molecule has 0 aliphatic heterocycles. The van der Waals surface area contributed by atoms with Crippen LogP contribution in [0.25, 0.3) is 11.6 Å². The summed E-state index contributed by atoms with van der Waals surface area (Å²) in [4.78, 5) is 11.7. The van der Waals surface area contributed by atoms with E-state index in [0.717, 1.165) is 0 Å². The Kier molecular flexibility index (Phi) is 1.15. The first kappa shape index (κ1) is 7.73. The first-order valence-corrected chi connectivity index (χ1v) is 3.95. The molecule has 76 valence electrons. The number of aromatic nitrogens is 7. The Morgan fingerprint density at radius 1 is 0.800 bits per heavy atom. The topological polar surface area (TPSA) is 151 Å². The van der Waals surface area contributed by atoms with Crippen molar-refractivity contribution in [3.63, 3.8) is 0 Å². The van der Waals surface area contributed by atoms with Crippen molar-refractivity contribution in [1.29, 1.82) is 0 Å². The van der Waals surface area contributed by atoms with Crippen LogP contribution in [0, 0.1) is 0 Å².